The fraction of sp³-hybridized carbons (Fsp3) is 0.286. The van der Waals surface area contributed by atoms with Crippen LogP contribution in [0.25, 0.3) is 0 Å². The molecule has 4 nitrogen and oxygen atoms in total. The maximum atomic E-state index is 13.6. The molecule has 0 bridgehead atoms. The molecule has 2 amide bonds. The molecule has 1 N–H and O–H groups in total. The quantitative estimate of drug-likeness (QED) is 0.420. The van der Waals surface area contributed by atoms with Crippen molar-refractivity contribution >= 4 is 23.6 Å². The molecule has 0 saturated heterocycles. The molecule has 0 fully saturated rings. The highest BCUT2D eigenvalue weighted by Gasteiger charge is 2.30. The summed E-state index contributed by atoms with van der Waals surface area (Å²) in [5.41, 5.74) is 3.18. The van der Waals surface area contributed by atoms with Crippen LogP contribution < -0.4 is 5.32 Å². The number of nitrogens with zero attached hydrogens (tertiary/aromatic N) is 1. The van der Waals surface area contributed by atoms with E-state index in [1.807, 2.05) is 106 Å². The summed E-state index contributed by atoms with van der Waals surface area (Å²) in [4.78, 5) is 29.7. The molecule has 0 aliphatic heterocycles. The molecule has 3 aromatic carbocycles. The van der Waals surface area contributed by atoms with Crippen LogP contribution in [-0.4, -0.2) is 34.6 Å². The summed E-state index contributed by atoms with van der Waals surface area (Å²) in [6.45, 7) is 6.31. The molecular weight excluding hydrogens is 428 g/mol. The minimum Gasteiger partial charge on any atom is -0.352 e. The third-order valence-corrected chi connectivity index (χ3v) is 6.41. The first-order chi connectivity index (χ1) is 15.9. The van der Waals surface area contributed by atoms with Crippen LogP contribution in [0.15, 0.2) is 89.8 Å². The van der Waals surface area contributed by atoms with Crippen molar-refractivity contribution in [3.63, 3.8) is 0 Å². The van der Waals surface area contributed by atoms with Crippen molar-refractivity contribution in [1.82, 2.24) is 10.2 Å². The van der Waals surface area contributed by atoms with E-state index in [4.69, 9.17) is 0 Å². The molecule has 0 saturated carbocycles. The molecule has 3 aromatic rings. The highest BCUT2D eigenvalue weighted by Crippen LogP contribution is 2.21. The molecule has 0 aliphatic rings. The Morgan fingerprint density at radius 1 is 0.879 bits per heavy atom. The first-order valence-corrected chi connectivity index (χ1v) is 12.3. The van der Waals surface area contributed by atoms with Gasteiger partial charge in [0, 0.05) is 23.9 Å². The Hall–Kier alpha value is -3.05. The molecular formula is C28H32N2O2S. The van der Waals surface area contributed by atoms with Crippen molar-refractivity contribution in [2.45, 2.75) is 50.7 Å². The van der Waals surface area contributed by atoms with Gasteiger partial charge >= 0.3 is 0 Å². The fourth-order valence-electron chi connectivity index (χ4n) is 3.65. The molecule has 0 radical (unpaired) electrons. The van der Waals surface area contributed by atoms with Gasteiger partial charge in [0.25, 0.3) is 0 Å². The second-order valence-corrected chi connectivity index (χ2v) is 9.47. The summed E-state index contributed by atoms with van der Waals surface area (Å²) in [6, 6.07) is 27.2. The van der Waals surface area contributed by atoms with Crippen LogP contribution in [-0.2, 0) is 22.6 Å². The maximum absolute atomic E-state index is 13.6. The molecule has 5 heteroatoms. The average Bonchev–Trinajstić information content (AvgIpc) is 2.81. The average molecular weight is 461 g/mol. The molecule has 1 atom stereocenters. The minimum atomic E-state index is -0.599. The summed E-state index contributed by atoms with van der Waals surface area (Å²) in [5, 5.41) is 3.03. The zero-order valence-corrected chi connectivity index (χ0v) is 20.3. The van der Waals surface area contributed by atoms with Gasteiger partial charge in [-0.1, -0.05) is 72.8 Å². The number of aryl methyl sites for hydroxylation is 1. The van der Waals surface area contributed by atoms with E-state index in [1.54, 1.807) is 4.90 Å². The van der Waals surface area contributed by atoms with E-state index in [0.717, 1.165) is 21.6 Å². The van der Waals surface area contributed by atoms with Gasteiger partial charge in [0.05, 0.1) is 5.75 Å². The van der Waals surface area contributed by atoms with Gasteiger partial charge in [-0.25, -0.2) is 0 Å². The fourth-order valence-corrected chi connectivity index (χ4v) is 4.46. The van der Waals surface area contributed by atoms with E-state index in [0.29, 0.717) is 13.0 Å². The zero-order chi connectivity index (χ0) is 23.6. The summed E-state index contributed by atoms with van der Waals surface area (Å²) < 4.78 is 0. The van der Waals surface area contributed by atoms with E-state index in [-0.39, 0.29) is 23.6 Å². The van der Waals surface area contributed by atoms with Gasteiger partial charge in [0.15, 0.2) is 0 Å². The van der Waals surface area contributed by atoms with Gasteiger partial charge < -0.3 is 10.2 Å². The minimum absolute atomic E-state index is 0.00937. The number of rotatable bonds is 10. The Morgan fingerprint density at radius 3 is 2.12 bits per heavy atom. The highest BCUT2D eigenvalue weighted by atomic mass is 32.2. The predicted molar refractivity (Wildman–Crippen MR) is 136 cm³/mol. The normalized spacial score (nSPS) is 11.8. The summed E-state index contributed by atoms with van der Waals surface area (Å²) in [5.74, 6) is 0.100. The summed E-state index contributed by atoms with van der Waals surface area (Å²) >= 11 is 1.50. The lowest BCUT2D eigenvalue weighted by molar-refractivity contribution is -0.139. The second kappa shape index (κ2) is 12.3. The van der Waals surface area contributed by atoms with Crippen molar-refractivity contribution in [3.8, 4) is 0 Å². The molecule has 172 valence electrons. The zero-order valence-electron chi connectivity index (χ0n) is 19.5. The number of thioether (sulfide) groups is 1. The largest absolute Gasteiger partial charge is 0.352 e. The first-order valence-electron chi connectivity index (χ1n) is 11.3. The smallest absolute Gasteiger partial charge is 0.243 e. The lowest BCUT2D eigenvalue weighted by Gasteiger charge is -2.32. The van der Waals surface area contributed by atoms with Gasteiger partial charge in [-0.05, 0) is 49.6 Å². The summed E-state index contributed by atoms with van der Waals surface area (Å²) in [6.07, 6.45) is 0.465. The highest BCUT2D eigenvalue weighted by molar-refractivity contribution is 8.00. The van der Waals surface area contributed by atoms with Crippen molar-refractivity contribution in [1.29, 1.82) is 0 Å². The summed E-state index contributed by atoms with van der Waals surface area (Å²) in [7, 11) is 0. The first kappa shape index (κ1) is 24.6. The Labute approximate surface area is 201 Å². The number of amides is 2. The van der Waals surface area contributed by atoms with Crippen LogP contribution in [0.4, 0.5) is 0 Å². The number of carbonyl (C=O) groups is 2. The van der Waals surface area contributed by atoms with Gasteiger partial charge in [0.2, 0.25) is 11.8 Å². The topological polar surface area (TPSA) is 49.4 Å². The molecule has 0 spiro atoms. The van der Waals surface area contributed by atoms with Crippen LogP contribution in [0, 0.1) is 6.92 Å². The van der Waals surface area contributed by atoms with Crippen LogP contribution in [0.3, 0.4) is 0 Å². The standard InChI is InChI=1S/C28H32N2O2S/c1-21(2)29-28(32)26(18-23-13-6-4-7-14-23)30(19-24-15-11-10-12-22(24)3)27(31)20-33-25-16-8-5-9-17-25/h4-17,21,26H,18-20H2,1-3H3,(H,29,32)/t26-/m1/s1. The number of hydrogen-bond acceptors (Lipinski definition) is 3. The lowest BCUT2D eigenvalue weighted by atomic mass is 10.0. The third kappa shape index (κ3) is 7.50. The Balaban J connectivity index is 1.91. The lowest BCUT2D eigenvalue weighted by Crippen LogP contribution is -2.52. The van der Waals surface area contributed by atoms with Crippen molar-refractivity contribution in [2.75, 3.05) is 5.75 Å². The molecule has 33 heavy (non-hydrogen) atoms. The van der Waals surface area contributed by atoms with Gasteiger partial charge in [-0.2, -0.15) is 0 Å². The van der Waals surface area contributed by atoms with Crippen molar-refractivity contribution < 1.29 is 9.59 Å². The number of hydrogen-bond donors (Lipinski definition) is 1. The van der Waals surface area contributed by atoms with E-state index in [9.17, 15) is 9.59 Å². The molecule has 0 aromatic heterocycles. The predicted octanol–water partition coefficient (Wildman–Crippen LogP) is 5.25. The molecule has 0 unspecified atom stereocenters. The van der Waals surface area contributed by atoms with Crippen LogP contribution >= 0.6 is 11.8 Å². The van der Waals surface area contributed by atoms with E-state index < -0.39 is 6.04 Å². The Kier molecular flexibility index (Phi) is 9.14. The van der Waals surface area contributed by atoms with Crippen LogP contribution in [0.2, 0.25) is 0 Å². The van der Waals surface area contributed by atoms with Crippen LogP contribution in [0.5, 0.6) is 0 Å². The van der Waals surface area contributed by atoms with Crippen molar-refractivity contribution in [2.24, 2.45) is 0 Å². The number of benzene rings is 3. The van der Waals surface area contributed by atoms with Gasteiger partial charge in [0.1, 0.15) is 6.04 Å². The Bertz CT molecular complexity index is 1040. The second-order valence-electron chi connectivity index (χ2n) is 8.42. The van der Waals surface area contributed by atoms with Gasteiger partial charge in [-0.15, -0.1) is 11.8 Å². The molecule has 0 aliphatic carbocycles. The van der Waals surface area contributed by atoms with E-state index in [2.05, 4.69) is 5.32 Å². The molecule has 3 rings (SSSR count). The maximum Gasteiger partial charge on any atom is 0.243 e. The van der Waals surface area contributed by atoms with Crippen molar-refractivity contribution in [3.05, 3.63) is 102 Å². The number of nitrogens with one attached hydrogen (secondary N) is 1. The molecule has 0 heterocycles. The number of carbonyl (C=O) groups excluding carboxylic acids is 2. The van der Waals surface area contributed by atoms with Gasteiger partial charge in [-0.3, -0.25) is 9.59 Å². The van der Waals surface area contributed by atoms with Crippen LogP contribution in [0.1, 0.15) is 30.5 Å². The van der Waals surface area contributed by atoms with E-state index >= 15 is 0 Å². The third-order valence-electron chi connectivity index (χ3n) is 5.41. The van der Waals surface area contributed by atoms with E-state index in [1.165, 1.54) is 11.8 Å². The monoisotopic (exact) mass is 460 g/mol. The Morgan fingerprint density at radius 2 is 1.48 bits per heavy atom. The SMILES string of the molecule is Cc1ccccc1CN(C(=O)CSc1ccccc1)[C@H](Cc1ccccc1)C(=O)NC(C)C.